The Morgan fingerprint density at radius 2 is 0.605 bits per heavy atom. The monoisotopic (exact) mass is 1070 g/mol. The summed E-state index contributed by atoms with van der Waals surface area (Å²) in [5, 5.41) is 23.2. The minimum absolute atomic E-state index is 0.0185. The zero-order chi connectivity index (χ0) is 55.0. The lowest BCUT2D eigenvalue weighted by molar-refractivity contribution is -0.143. The number of ether oxygens (including phenoxy) is 1. The lowest BCUT2D eigenvalue weighted by Gasteiger charge is -2.20. The first kappa shape index (κ1) is 74.6. The molecule has 2 unspecified atom stereocenters. The number of allylic oxidation sites excluding steroid dienone is 1. The Bertz CT molecular complexity index is 1140. The third kappa shape index (κ3) is 61.8. The van der Waals surface area contributed by atoms with E-state index in [1.165, 1.54) is 334 Å². The second kappa shape index (κ2) is 66.1. The largest absolute Gasteiger partial charge is 0.466 e. The third-order valence-corrected chi connectivity index (χ3v) is 16.6. The van der Waals surface area contributed by atoms with Gasteiger partial charge in [0.15, 0.2) is 0 Å². The Morgan fingerprint density at radius 1 is 0.355 bits per heavy atom. The molecule has 0 fully saturated rings. The van der Waals surface area contributed by atoms with Gasteiger partial charge in [0.1, 0.15) is 0 Å². The predicted octanol–water partition coefficient (Wildman–Crippen LogP) is 22.4. The molecule has 6 heteroatoms. The first-order valence-corrected chi connectivity index (χ1v) is 35.0. The molecular formula is C70H137NO5. The molecule has 1 amide bonds. The van der Waals surface area contributed by atoms with Gasteiger partial charge in [0, 0.05) is 12.8 Å². The minimum atomic E-state index is -0.844. The molecule has 0 saturated carbocycles. The molecule has 0 aromatic rings. The highest BCUT2D eigenvalue weighted by atomic mass is 16.5. The van der Waals surface area contributed by atoms with Crippen LogP contribution >= 0.6 is 0 Å². The van der Waals surface area contributed by atoms with Crippen molar-refractivity contribution in [2.45, 2.75) is 411 Å². The fraction of sp³-hybridized carbons (Fsp3) is 0.943. The van der Waals surface area contributed by atoms with E-state index in [0.29, 0.717) is 19.4 Å². The van der Waals surface area contributed by atoms with Gasteiger partial charge in [-0.05, 0) is 32.1 Å². The van der Waals surface area contributed by atoms with Crippen molar-refractivity contribution in [3.05, 3.63) is 12.2 Å². The van der Waals surface area contributed by atoms with Crippen LogP contribution in [0.4, 0.5) is 0 Å². The van der Waals surface area contributed by atoms with Gasteiger partial charge in [-0.15, -0.1) is 0 Å². The van der Waals surface area contributed by atoms with E-state index < -0.39 is 12.1 Å². The summed E-state index contributed by atoms with van der Waals surface area (Å²) in [4.78, 5) is 24.6. The molecule has 0 rings (SSSR count). The molecular weight excluding hydrogens is 935 g/mol. The van der Waals surface area contributed by atoms with Gasteiger partial charge in [-0.2, -0.15) is 0 Å². The Balaban J connectivity index is 3.38. The van der Waals surface area contributed by atoms with E-state index in [1.807, 2.05) is 6.08 Å². The summed E-state index contributed by atoms with van der Waals surface area (Å²) < 4.78 is 5.50. The zero-order valence-electron chi connectivity index (χ0n) is 51.8. The van der Waals surface area contributed by atoms with Crippen molar-refractivity contribution in [3.8, 4) is 0 Å². The highest BCUT2D eigenvalue weighted by Gasteiger charge is 2.18. The van der Waals surface area contributed by atoms with E-state index >= 15 is 0 Å². The molecule has 3 N–H and O–H groups in total. The second-order valence-corrected chi connectivity index (χ2v) is 24.2. The maximum atomic E-state index is 12.5. The van der Waals surface area contributed by atoms with Crippen molar-refractivity contribution >= 4 is 11.9 Å². The number of unbranched alkanes of at least 4 members (excludes halogenated alkanes) is 55. The van der Waals surface area contributed by atoms with Crippen LogP contribution in [0.5, 0.6) is 0 Å². The van der Waals surface area contributed by atoms with E-state index in [4.69, 9.17) is 4.74 Å². The molecule has 0 spiro atoms. The standard InChI is InChI=1S/C70H137NO5/c1-3-5-7-9-11-13-15-17-19-21-22-28-31-34-38-42-46-50-54-58-62-68(73)67(66-72)71-69(74)63-59-55-51-47-43-39-35-32-29-26-24-23-25-27-30-33-37-41-45-49-53-57-61-65-76-70(75)64-60-56-52-48-44-40-36-20-18-16-14-12-10-8-6-4-2/h58,62,67-68,72-73H,3-57,59-61,63-66H2,1-2H3,(H,71,74)/b62-58+. The molecule has 0 aromatic heterocycles. The number of nitrogens with one attached hydrogen (secondary N) is 1. The van der Waals surface area contributed by atoms with Crippen LogP contribution < -0.4 is 5.32 Å². The number of amides is 1. The molecule has 0 saturated heterocycles. The third-order valence-electron chi connectivity index (χ3n) is 16.6. The Morgan fingerprint density at radius 3 is 0.895 bits per heavy atom. The number of aliphatic hydroxyl groups excluding tert-OH is 2. The number of esters is 1. The lowest BCUT2D eigenvalue weighted by atomic mass is 10.0. The summed E-state index contributed by atoms with van der Waals surface area (Å²) >= 11 is 0. The van der Waals surface area contributed by atoms with Gasteiger partial charge >= 0.3 is 5.97 Å². The van der Waals surface area contributed by atoms with Crippen LogP contribution in [0.3, 0.4) is 0 Å². The van der Waals surface area contributed by atoms with Crippen molar-refractivity contribution in [2.24, 2.45) is 0 Å². The lowest BCUT2D eigenvalue weighted by Crippen LogP contribution is -2.45. The summed E-state index contributed by atoms with van der Waals surface area (Å²) in [6.07, 6.45) is 81.4. The van der Waals surface area contributed by atoms with Crippen molar-refractivity contribution in [2.75, 3.05) is 13.2 Å². The van der Waals surface area contributed by atoms with Gasteiger partial charge in [0.2, 0.25) is 5.91 Å². The summed E-state index contributed by atoms with van der Waals surface area (Å²) in [7, 11) is 0. The molecule has 0 bridgehead atoms. The predicted molar refractivity (Wildman–Crippen MR) is 333 cm³/mol. The number of hydrogen-bond acceptors (Lipinski definition) is 5. The van der Waals surface area contributed by atoms with Gasteiger partial charge < -0.3 is 20.3 Å². The van der Waals surface area contributed by atoms with Gasteiger partial charge in [0.25, 0.3) is 0 Å². The highest BCUT2D eigenvalue weighted by Crippen LogP contribution is 2.19. The number of carbonyl (C=O) groups is 2. The quantitative estimate of drug-likeness (QED) is 0.0320. The average molecular weight is 1070 g/mol. The number of aliphatic hydroxyl groups is 2. The molecule has 0 aromatic carbocycles. The minimum Gasteiger partial charge on any atom is -0.466 e. The Kier molecular flexibility index (Phi) is 64.9. The van der Waals surface area contributed by atoms with Crippen LogP contribution in [-0.4, -0.2) is 47.4 Å². The molecule has 0 aliphatic carbocycles. The molecule has 452 valence electrons. The summed E-state index contributed by atoms with van der Waals surface area (Å²) in [5.74, 6) is -0.0446. The van der Waals surface area contributed by atoms with Gasteiger partial charge in [-0.3, -0.25) is 9.59 Å². The normalized spacial score (nSPS) is 12.5. The van der Waals surface area contributed by atoms with Crippen molar-refractivity contribution in [1.29, 1.82) is 0 Å². The Hall–Kier alpha value is -1.40. The van der Waals surface area contributed by atoms with Crippen LogP contribution in [0.15, 0.2) is 12.2 Å². The van der Waals surface area contributed by atoms with E-state index in [9.17, 15) is 19.8 Å². The summed E-state index contributed by atoms with van der Waals surface area (Å²) in [6.45, 7) is 4.95. The van der Waals surface area contributed by atoms with Crippen LogP contribution in [-0.2, 0) is 14.3 Å². The van der Waals surface area contributed by atoms with Crippen molar-refractivity contribution < 1.29 is 24.5 Å². The molecule has 76 heavy (non-hydrogen) atoms. The van der Waals surface area contributed by atoms with E-state index in [0.717, 1.165) is 38.5 Å². The number of carbonyl (C=O) groups excluding carboxylic acids is 2. The number of hydrogen-bond donors (Lipinski definition) is 3. The molecule has 0 aliphatic heterocycles. The second-order valence-electron chi connectivity index (χ2n) is 24.2. The average Bonchev–Trinajstić information content (AvgIpc) is 3.42. The van der Waals surface area contributed by atoms with Gasteiger partial charge in [-0.25, -0.2) is 0 Å². The zero-order valence-corrected chi connectivity index (χ0v) is 51.8. The van der Waals surface area contributed by atoms with Crippen LogP contribution in [0.25, 0.3) is 0 Å². The SMILES string of the molecule is CCCCCCCCCCCCCCCCCCCC/C=C/C(O)C(CO)NC(=O)CCCCCCCCCCCCCCCCCCCCCCCCCOC(=O)CCCCCCCCCCCCCCCCCC. The summed E-state index contributed by atoms with van der Waals surface area (Å²) in [5.41, 5.74) is 0. The van der Waals surface area contributed by atoms with Crippen LogP contribution in [0, 0.1) is 0 Å². The first-order chi connectivity index (χ1) is 37.5. The maximum absolute atomic E-state index is 12.5. The van der Waals surface area contributed by atoms with Gasteiger partial charge in [-0.1, -0.05) is 366 Å². The topological polar surface area (TPSA) is 95.9 Å². The molecule has 0 radical (unpaired) electrons. The fourth-order valence-electron chi connectivity index (χ4n) is 11.2. The van der Waals surface area contributed by atoms with Crippen molar-refractivity contribution in [1.82, 2.24) is 5.32 Å². The maximum Gasteiger partial charge on any atom is 0.305 e. The fourth-order valence-corrected chi connectivity index (χ4v) is 11.2. The smallest absolute Gasteiger partial charge is 0.305 e. The van der Waals surface area contributed by atoms with E-state index in [1.54, 1.807) is 6.08 Å². The molecule has 0 heterocycles. The summed E-state index contributed by atoms with van der Waals surface area (Å²) in [6, 6.07) is -0.627. The number of rotatable bonds is 66. The van der Waals surface area contributed by atoms with Crippen LogP contribution in [0.1, 0.15) is 399 Å². The van der Waals surface area contributed by atoms with Crippen molar-refractivity contribution in [3.63, 3.8) is 0 Å². The van der Waals surface area contributed by atoms with Crippen LogP contribution in [0.2, 0.25) is 0 Å². The molecule has 0 aliphatic rings. The molecule has 2 atom stereocenters. The molecule has 6 nitrogen and oxygen atoms in total. The highest BCUT2D eigenvalue weighted by molar-refractivity contribution is 5.76. The first-order valence-electron chi connectivity index (χ1n) is 35.0. The van der Waals surface area contributed by atoms with E-state index in [2.05, 4.69) is 19.2 Å². The van der Waals surface area contributed by atoms with E-state index in [-0.39, 0.29) is 18.5 Å². The Labute approximate surface area is 476 Å². The van der Waals surface area contributed by atoms with Gasteiger partial charge in [0.05, 0.1) is 25.4 Å².